The maximum atomic E-state index is 12.3. The molecule has 1 aromatic heterocycles. The van der Waals surface area contributed by atoms with E-state index in [0.717, 1.165) is 83.3 Å². The summed E-state index contributed by atoms with van der Waals surface area (Å²) in [5.74, 6) is 1.14. The molecule has 1 N–H and O–H groups in total. The van der Waals surface area contributed by atoms with Crippen molar-refractivity contribution in [3.63, 3.8) is 0 Å². The standard InChI is InChI=1S/C72H80O2S/c1-14-15-16-17-18-19-36-74-66-44-64-63-43-65(73)61(55-39-51(47-20-28-57(29-21-47)69(2,3)4)37-52(40-55)48-22-30-58(31-23-48)70(5,6)7)45-67(63)75-68(64)46-62(66)56-41-53(49-24-32-59(33-25-49)71(8,9)10)38-54(42-56)50-26-34-60(35-27-50)72(11,12)13/h20-35,37-46,73H,14-19,36H2,1-13H3. The van der Waals surface area contributed by atoms with E-state index in [-0.39, 0.29) is 27.4 Å². The second-order valence-corrected chi connectivity index (χ2v) is 26.4. The van der Waals surface area contributed by atoms with E-state index < -0.39 is 0 Å². The summed E-state index contributed by atoms with van der Waals surface area (Å²) in [5.41, 5.74) is 18.7. The molecule has 386 valence electrons. The van der Waals surface area contributed by atoms with Crippen LogP contribution in [0, 0.1) is 0 Å². The number of phenols is 1. The van der Waals surface area contributed by atoms with Crippen LogP contribution in [0.15, 0.2) is 158 Å². The van der Waals surface area contributed by atoms with Gasteiger partial charge in [-0.05, 0) is 167 Å². The van der Waals surface area contributed by atoms with Crippen molar-refractivity contribution in [2.45, 2.75) is 150 Å². The van der Waals surface area contributed by atoms with Gasteiger partial charge in [0.2, 0.25) is 0 Å². The van der Waals surface area contributed by atoms with Crippen LogP contribution in [0.3, 0.4) is 0 Å². The predicted molar refractivity (Wildman–Crippen MR) is 327 cm³/mol. The summed E-state index contributed by atoms with van der Waals surface area (Å²) >= 11 is 1.79. The van der Waals surface area contributed by atoms with Gasteiger partial charge in [0.1, 0.15) is 11.5 Å². The van der Waals surface area contributed by atoms with Gasteiger partial charge in [-0.25, -0.2) is 0 Å². The highest BCUT2D eigenvalue weighted by Crippen LogP contribution is 2.47. The molecule has 0 atom stereocenters. The molecular weight excluding hydrogens is 929 g/mol. The Balaban J connectivity index is 1.19. The number of ether oxygens (including phenoxy) is 1. The summed E-state index contributed by atoms with van der Waals surface area (Å²) in [6, 6.07) is 58.9. The highest BCUT2D eigenvalue weighted by Gasteiger charge is 2.22. The maximum Gasteiger partial charge on any atom is 0.127 e. The van der Waals surface area contributed by atoms with E-state index in [4.69, 9.17) is 4.74 Å². The SMILES string of the molecule is CCCCCCCCOc1cc2c(cc1-c1cc(-c3ccc(C(C)(C)C)cc3)cc(-c3ccc(C(C)(C)C)cc3)c1)sc1cc(-c3cc(-c4ccc(C(C)(C)C)cc4)cc(-c4ccc(C(C)(C)C)cc4)c3)c(O)cc12. The number of hydrogen-bond acceptors (Lipinski definition) is 3. The zero-order chi connectivity index (χ0) is 53.5. The Morgan fingerprint density at radius 1 is 0.347 bits per heavy atom. The van der Waals surface area contributed by atoms with Gasteiger partial charge in [-0.1, -0.05) is 219 Å². The third kappa shape index (κ3) is 12.2. The summed E-state index contributed by atoms with van der Waals surface area (Å²) in [5, 5.41) is 14.4. The molecule has 0 saturated heterocycles. The number of benzene rings is 8. The molecule has 0 amide bonds. The number of aromatic hydroxyl groups is 1. The first-order valence-corrected chi connectivity index (χ1v) is 28.5. The average molecular weight is 1010 g/mol. The van der Waals surface area contributed by atoms with Gasteiger partial charge >= 0.3 is 0 Å². The molecule has 0 saturated carbocycles. The summed E-state index contributed by atoms with van der Waals surface area (Å²) in [6.45, 7) is 30.1. The number of rotatable bonds is 14. The molecule has 0 aliphatic carbocycles. The largest absolute Gasteiger partial charge is 0.507 e. The smallest absolute Gasteiger partial charge is 0.127 e. The molecule has 3 heteroatoms. The van der Waals surface area contributed by atoms with Gasteiger partial charge in [0.25, 0.3) is 0 Å². The zero-order valence-electron chi connectivity index (χ0n) is 47.2. The van der Waals surface area contributed by atoms with Crippen LogP contribution in [0.4, 0.5) is 0 Å². The first kappa shape index (κ1) is 53.4. The van der Waals surface area contributed by atoms with Crippen molar-refractivity contribution >= 4 is 31.5 Å². The molecule has 0 aliphatic rings. The number of hydrogen-bond donors (Lipinski definition) is 1. The van der Waals surface area contributed by atoms with Gasteiger partial charge in [0.15, 0.2) is 0 Å². The van der Waals surface area contributed by atoms with Crippen LogP contribution in [-0.4, -0.2) is 11.7 Å². The summed E-state index contributed by atoms with van der Waals surface area (Å²) in [6.07, 6.45) is 7.16. The molecule has 0 aliphatic heterocycles. The van der Waals surface area contributed by atoms with E-state index in [1.165, 1.54) is 70.2 Å². The van der Waals surface area contributed by atoms with Crippen LogP contribution >= 0.6 is 11.3 Å². The van der Waals surface area contributed by atoms with Crippen LogP contribution in [0.5, 0.6) is 11.5 Å². The fourth-order valence-electron chi connectivity index (χ4n) is 10.4. The molecule has 75 heavy (non-hydrogen) atoms. The number of unbranched alkanes of at least 4 members (excludes halogenated alkanes) is 5. The molecule has 9 rings (SSSR count). The van der Waals surface area contributed by atoms with Gasteiger partial charge in [0.05, 0.1) is 6.61 Å². The van der Waals surface area contributed by atoms with E-state index in [2.05, 4.69) is 242 Å². The highest BCUT2D eigenvalue weighted by molar-refractivity contribution is 7.25. The zero-order valence-corrected chi connectivity index (χ0v) is 48.0. The first-order chi connectivity index (χ1) is 35.5. The molecule has 2 nitrogen and oxygen atoms in total. The van der Waals surface area contributed by atoms with Crippen molar-refractivity contribution in [2.75, 3.05) is 6.61 Å². The molecular formula is C72H80O2S. The van der Waals surface area contributed by atoms with Crippen LogP contribution in [0.25, 0.3) is 86.9 Å². The molecule has 0 bridgehead atoms. The van der Waals surface area contributed by atoms with Crippen LogP contribution < -0.4 is 4.74 Å². The lowest BCUT2D eigenvalue weighted by atomic mass is 9.85. The number of fused-ring (bicyclic) bond motifs is 3. The van der Waals surface area contributed by atoms with Gasteiger partial charge in [-0.3, -0.25) is 0 Å². The Kier molecular flexibility index (Phi) is 15.2. The Bertz CT molecular complexity index is 3280. The third-order valence-corrected chi connectivity index (χ3v) is 16.4. The Morgan fingerprint density at radius 2 is 0.667 bits per heavy atom. The van der Waals surface area contributed by atoms with Gasteiger partial charge in [0, 0.05) is 31.3 Å². The van der Waals surface area contributed by atoms with Crippen molar-refractivity contribution in [1.29, 1.82) is 0 Å². The summed E-state index contributed by atoms with van der Waals surface area (Å²) in [7, 11) is 0. The van der Waals surface area contributed by atoms with Gasteiger partial charge in [-0.15, -0.1) is 11.3 Å². The molecule has 1 heterocycles. The Morgan fingerprint density at radius 3 is 1.04 bits per heavy atom. The van der Waals surface area contributed by atoms with E-state index in [0.29, 0.717) is 6.61 Å². The normalized spacial score (nSPS) is 12.5. The molecule has 8 aromatic carbocycles. The second kappa shape index (κ2) is 21.3. The Labute approximate surface area is 453 Å². The minimum atomic E-state index is 0.0537. The van der Waals surface area contributed by atoms with E-state index in [1.54, 1.807) is 11.3 Å². The molecule has 9 aromatic rings. The quantitative estimate of drug-likeness (QED) is 0.110. The minimum Gasteiger partial charge on any atom is -0.507 e. The van der Waals surface area contributed by atoms with Crippen molar-refractivity contribution in [2.24, 2.45) is 0 Å². The fraction of sp³-hybridized carbons (Fsp3) is 0.333. The number of thiophene rings is 1. The van der Waals surface area contributed by atoms with Crippen LogP contribution in [0.1, 0.15) is 151 Å². The van der Waals surface area contributed by atoms with Crippen molar-refractivity contribution in [3.8, 4) is 78.3 Å². The van der Waals surface area contributed by atoms with Gasteiger partial charge in [-0.2, -0.15) is 0 Å². The highest BCUT2D eigenvalue weighted by atomic mass is 32.1. The van der Waals surface area contributed by atoms with Crippen molar-refractivity contribution in [3.05, 3.63) is 180 Å². The first-order valence-electron chi connectivity index (χ1n) is 27.6. The van der Waals surface area contributed by atoms with Crippen molar-refractivity contribution < 1.29 is 9.84 Å². The summed E-state index contributed by atoms with van der Waals surface area (Å²) < 4.78 is 9.23. The van der Waals surface area contributed by atoms with E-state index in [1.807, 2.05) is 6.07 Å². The lowest BCUT2D eigenvalue weighted by Crippen LogP contribution is -2.10. The number of phenolic OH excluding ortho intramolecular Hbond substituents is 1. The molecule has 0 radical (unpaired) electrons. The molecule has 0 spiro atoms. The molecule has 0 unspecified atom stereocenters. The fourth-order valence-corrected chi connectivity index (χ4v) is 11.5. The summed E-state index contributed by atoms with van der Waals surface area (Å²) in [4.78, 5) is 0. The Hall–Kier alpha value is -6.42. The lowest BCUT2D eigenvalue weighted by Gasteiger charge is -2.20. The van der Waals surface area contributed by atoms with Gasteiger partial charge < -0.3 is 9.84 Å². The lowest BCUT2D eigenvalue weighted by molar-refractivity contribution is 0.306. The third-order valence-electron chi connectivity index (χ3n) is 15.3. The predicted octanol–water partition coefficient (Wildman–Crippen LogP) is 21.7. The average Bonchev–Trinajstić information content (AvgIpc) is 3.73. The minimum absolute atomic E-state index is 0.0537. The van der Waals surface area contributed by atoms with Crippen LogP contribution in [0.2, 0.25) is 0 Å². The maximum absolute atomic E-state index is 12.3. The molecule has 0 fully saturated rings. The van der Waals surface area contributed by atoms with Crippen molar-refractivity contribution in [1.82, 2.24) is 0 Å². The van der Waals surface area contributed by atoms with E-state index in [9.17, 15) is 5.11 Å². The van der Waals surface area contributed by atoms with Crippen LogP contribution in [-0.2, 0) is 21.7 Å². The van der Waals surface area contributed by atoms with E-state index >= 15 is 0 Å². The monoisotopic (exact) mass is 1010 g/mol. The topological polar surface area (TPSA) is 29.5 Å². The second-order valence-electron chi connectivity index (χ2n) is 25.3.